The Hall–Kier alpha value is -3.19. The summed E-state index contributed by atoms with van der Waals surface area (Å²) in [6.07, 6.45) is 0.533. The number of fused-ring (bicyclic) bond motifs is 2. The van der Waals surface area contributed by atoms with E-state index in [1.165, 1.54) is 6.20 Å². The van der Waals surface area contributed by atoms with Crippen LogP contribution >= 0.6 is 0 Å². The van der Waals surface area contributed by atoms with Crippen molar-refractivity contribution in [3.8, 4) is 6.07 Å². The van der Waals surface area contributed by atoms with E-state index in [1.807, 2.05) is 12.1 Å². The third kappa shape index (κ3) is 4.93. The van der Waals surface area contributed by atoms with Crippen LogP contribution in [0.25, 0.3) is 0 Å². The zero-order chi connectivity index (χ0) is 23.5. The molecule has 0 saturated carbocycles. The lowest BCUT2D eigenvalue weighted by Gasteiger charge is -2.42. The summed E-state index contributed by atoms with van der Waals surface area (Å²) in [5.41, 5.74) is 0.413. The van der Waals surface area contributed by atoms with E-state index in [2.05, 4.69) is 15.2 Å². The van der Waals surface area contributed by atoms with Crippen molar-refractivity contribution in [1.82, 2.24) is 15.2 Å². The van der Waals surface area contributed by atoms with Gasteiger partial charge in [-0.2, -0.15) is 5.26 Å². The summed E-state index contributed by atoms with van der Waals surface area (Å²) in [6, 6.07) is 6.96. The maximum atomic E-state index is 13.5. The second kappa shape index (κ2) is 9.75. The molecule has 3 atom stereocenters. The minimum absolute atomic E-state index is 0.0143. The molecule has 6 nitrogen and oxygen atoms in total. The van der Waals surface area contributed by atoms with Crippen molar-refractivity contribution in [3.05, 3.63) is 59.3 Å². The standard InChI is InChI=1S/C23H23F4N5O/c24-18-5-2-15(9-19(18)25)22(23(26)27)29-8-7-21(33)31-12-16-3-4-17(13-31)32(16)20-6-1-14(10-28)11-30-20/h1-2,5-6,9,11,16-17,22-23,29H,3-4,7-8,12-13H2/t16-,17?,22?/m0/s1. The fraction of sp³-hybridized carbons (Fsp3) is 0.435. The van der Waals surface area contributed by atoms with E-state index in [4.69, 9.17) is 5.26 Å². The first-order chi connectivity index (χ1) is 15.9. The molecule has 0 radical (unpaired) electrons. The first kappa shape index (κ1) is 23.0. The summed E-state index contributed by atoms with van der Waals surface area (Å²) in [4.78, 5) is 21.1. The predicted octanol–water partition coefficient (Wildman–Crippen LogP) is 3.40. The number of nitrogens with one attached hydrogen (secondary N) is 1. The van der Waals surface area contributed by atoms with Gasteiger partial charge >= 0.3 is 0 Å². The van der Waals surface area contributed by atoms with Crippen LogP contribution < -0.4 is 10.2 Å². The fourth-order valence-corrected chi connectivity index (χ4v) is 4.64. The number of hydrogen-bond donors (Lipinski definition) is 1. The van der Waals surface area contributed by atoms with E-state index in [0.29, 0.717) is 18.7 Å². The quantitative estimate of drug-likeness (QED) is 0.640. The lowest BCUT2D eigenvalue weighted by molar-refractivity contribution is -0.132. The minimum Gasteiger partial charge on any atom is -0.347 e. The van der Waals surface area contributed by atoms with Gasteiger partial charge in [0.25, 0.3) is 6.43 Å². The third-order valence-corrected chi connectivity index (χ3v) is 6.23. The van der Waals surface area contributed by atoms with E-state index in [0.717, 1.165) is 36.9 Å². The highest BCUT2D eigenvalue weighted by Crippen LogP contribution is 2.34. The Kier molecular flexibility index (Phi) is 6.79. The molecule has 1 aromatic carbocycles. The van der Waals surface area contributed by atoms with Gasteiger partial charge < -0.3 is 15.1 Å². The molecule has 2 fully saturated rings. The number of pyridine rings is 1. The molecule has 4 rings (SSSR count). The van der Waals surface area contributed by atoms with Gasteiger partial charge in [-0.3, -0.25) is 4.79 Å². The topological polar surface area (TPSA) is 72.3 Å². The number of carbonyl (C=O) groups excluding carboxylic acids is 1. The number of nitriles is 1. The number of carbonyl (C=O) groups is 1. The van der Waals surface area contributed by atoms with E-state index >= 15 is 0 Å². The lowest BCUT2D eigenvalue weighted by Crippen LogP contribution is -2.56. The molecule has 1 amide bonds. The molecule has 2 unspecified atom stereocenters. The van der Waals surface area contributed by atoms with Crippen LogP contribution in [0.4, 0.5) is 23.4 Å². The van der Waals surface area contributed by atoms with E-state index in [1.54, 1.807) is 11.0 Å². The van der Waals surface area contributed by atoms with Gasteiger partial charge in [-0.1, -0.05) is 6.07 Å². The number of piperazine rings is 1. The highest BCUT2D eigenvalue weighted by molar-refractivity contribution is 5.77. The Labute approximate surface area is 188 Å². The van der Waals surface area contributed by atoms with E-state index in [-0.39, 0.29) is 36.5 Å². The maximum absolute atomic E-state index is 13.5. The van der Waals surface area contributed by atoms with Crippen LogP contribution in [0.5, 0.6) is 0 Å². The number of hydrogen-bond acceptors (Lipinski definition) is 5. The van der Waals surface area contributed by atoms with Gasteiger partial charge in [0.1, 0.15) is 11.9 Å². The summed E-state index contributed by atoms with van der Waals surface area (Å²) in [5, 5.41) is 11.6. The molecule has 2 bridgehead atoms. The Morgan fingerprint density at radius 2 is 1.88 bits per heavy atom. The molecule has 3 heterocycles. The molecule has 1 aromatic heterocycles. The average Bonchev–Trinajstić information content (AvgIpc) is 3.07. The van der Waals surface area contributed by atoms with Crippen molar-refractivity contribution in [2.24, 2.45) is 0 Å². The molecule has 0 spiro atoms. The lowest BCUT2D eigenvalue weighted by atomic mass is 10.1. The van der Waals surface area contributed by atoms with Gasteiger partial charge in [-0.25, -0.2) is 22.5 Å². The Balaban J connectivity index is 1.33. The monoisotopic (exact) mass is 461 g/mol. The number of rotatable bonds is 7. The summed E-state index contributed by atoms with van der Waals surface area (Å²) in [7, 11) is 0. The molecule has 2 saturated heterocycles. The van der Waals surface area contributed by atoms with Crippen LogP contribution in [-0.4, -0.2) is 53.9 Å². The highest BCUT2D eigenvalue weighted by atomic mass is 19.3. The van der Waals surface area contributed by atoms with E-state index in [9.17, 15) is 22.4 Å². The summed E-state index contributed by atoms with van der Waals surface area (Å²) < 4.78 is 53.5. The second-order valence-corrected chi connectivity index (χ2v) is 8.30. The van der Waals surface area contributed by atoms with Crippen LogP contribution in [0.15, 0.2) is 36.5 Å². The van der Waals surface area contributed by atoms with Crippen molar-refractivity contribution >= 4 is 11.7 Å². The van der Waals surface area contributed by atoms with E-state index < -0.39 is 24.1 Å². The normalized spacial score (nSPS) is 20.7. The van der Waals surface area contributed by atoms with Crippen molar-refractivity contribution in [1.29, 1.82) is 5.26 Å². The van der Waals surface area contributed by atoms with Crippen molar-refractivity contribution < 1.29 is 22.4 Å². The molecule has 0 aliphatic carbocycles. The van der Waals surface area contributed by atoms with Crippen LogP contribution in [-0.2, 0) is 4.79 Å². The van der Waals surface area contributed by atoms with Gasteiger partial charge in [-0.05, 0) is 42.7 Å². The molecule has 33 heavy (non-hydrogen) atoms. The van der Waals surface area contributed by atoms with Crippen LogP contribution in [0, 0.1) is 23.0 Å². The predicted molar refractivity (Wildman–Crippen MR) is 113 cm³/mol. The number of benzene rings is 1. The molecular formula is C23H23F4N5O. The number of nitrogens with zero attached hydrogens (tertiary/aromatic N) is 4. The van der Waals surface area contributed by atoms with Gasteiger partial charge in [0.2, 0.25) is 5.91 Å². The van der Waals surface area contributed by atoms with Gasteiger partial charge in [0, 0.05) is 44.3 Å². The first-order valence-electron chi connectivity index (χ1n) is 10.8. The number of alkyl halides is 2. The second-order valence-electron chi connectivity index (χ2n) is 8.30. The van der Waals surface area contributed by atoms with Crippen LogP contribution in [0.2, 0.25) is 0 Å². The molecule has 2 aliphatic heterocycles. The SMILES string of the molecule is N#Cc1ccc(N2C3CC[C@H]2CN(C(=O)CCNC(c2ccc(F)c(F)c2)C(F)F)C3)nc1. The molecule has 2 aliphatic rings. The van der Waals surface area contributed by atoms with Crippen LogP contribution in [0.3, 0.4) is 0 Å². The number of anilines is 1. The zero-order valence-electron chi connectivity index (χ0n) is 17.7. The van der Waals surface area contributed by atoms with Gasteiger partial charge in [0.05, 0.1) is 11.6 Å². The van der Waals surface area contributed by atoms with Crippen molar-refractivity contribution in [2.75, 3.05) is 24.5 Å². The minimum atomic E-state index is -2.84. The number of aromatic nitrogens is 1. The first-order valence-corrected chi connectivity index (χ1v) is 10.8. The zero-order valence-corrected chi connectivity index (χ0v) is 17.7. The molecular weight excluding hydrogens is 438 g/mol. The van der Waals surface area contributed by atoms with Gasteiger partial charge in [-0.15, -0.1) is 0 Å². The van der Waals surface area contributed by atoms with Crippen LogP contribution in [0.1, 0.15) is 36.4 Å². The number of halogens is 4. The Morgan fingerprint density at radius 3 is 2.45 bits per heavy atom. The Bertz CT molecular complexity index is 1030. The number of amides is 1. The summed E-state index contributed by atoms with van der Waals surface area (Å²) in [6.45, 7) is 1.01. The van der Waals surface area contributed by atoms with Crippen molar-refractivity contribution in [2.45, 2.75) is 43.8 Å². The molecule has 1 N–H and O–H groups in total. The van der Waals surface area contributed by atoms with Gasteiger partial charge in [0.15, 0.2) is 11.6 Å². The number of likely N-dealkylation sites (tertiary alicyclic amines) is 1. The fourth-order valence-electron chi connectivity index (χ4n) is 4.64. The molecule has 10 heteroatoms. The highest BCUT2D eigenvalue weighted by Gasteiger charge is 2.41. The third-order valence-electron chi connectivity index (χ3n) is 6.23. The maximum Gasteiger partial charge on any atom is 0.257 e. The largest absolute Gasteiger partial charge is 0.347 e. The summed E-state index contributed by atoms with van der Waals surface area (Å²) in [5.74, 6) is -1.67. The average molecular weight is 461 g/mol. The summed E-state index contributed by atoms with van der Waals surface area (Å²) >= 11 is 0. The smallest absolute Gasteiger partial charge is 0.257 e. The van der Waals surface area contributed by atoms with Crippen molar-refractivity contribution in [3.63, 3.8) is 0 Å². The Morgan fingerprint density at radius 1 is 1.15 bits per heavy atom. The molecule has 2 aromatic rings. The molecule has 174 valence electrons.